The molecule has 4 N–H and O–H groups in total. The van der Waals surface area contributed by atoms with E-state index in [4.69, 9.17) is 23.7 Å². The molecule has 1 heterocycles. The largest absolute Gasteiger partial charge is 0.456 e. The summed E-state index contributed by atoms with van der Waals surface area (Å²) in [5.41, 5.74) is -7.04. The van der Waals surface area contributed by atoms with Crippen LogP contribution in [-0.4, -0.2) is 105 Å². The second kappa shape index (κ2) is 16.7. The molecular formula is C47H61NO13. The predicted molar refractivity (Wildman–Crippen MR) is 220 cm³/mol. The Morgan fingerprint density at radius 2 is 1.56 bits per heavy atom. The van der Waals surface area contributed by atoms with Crippen LogP contribution in [0, 0.1) is 22.2 Å². The molecule has 3 fully saturated rings. The molecular weight excluding hydrogens is 787 g/mol. The third kappa shape index (κ3) is 8.17. The molecule has 0 unspecified atom stereocenters. The van der Waals surface area contributed by atoms with Gasteiger partial charge in [0.1, 0.15) is 30.0 Å². The normalized spacial score (nSPS) is 32.8. The summed E-state index contributed by atoms with van der Waals surface area (Å²) in [6, 6.07) is 15.8. The van der Waals surface area contributed by atoms with E-state index in [1.165, 1.54) is 26.0 Å². The quantitative estimate of drug-likeness (QED) is 0.138. The lowest BCUT2D eigenvalue weighted by Gasteiger charge is -2.67. The van der Waals surface area contributed by atoms with E-state index in [1.54, 1.807) is 83.1 Å². The summed E-state index contributed by atoms with van der Waals surface area (Å²) in [5.74, 6) is -5.23. The standard InChI is InChI=1S/C47H61NO13/c1-25(2)58-37(35(28-17-13-11-14-18-28)48-33(51)23-43(5,6)7)42(55)59-30-22-47(56)40(60-41(54)29-19-15-12-16-20-29)38-45(10,39(53)36(52)34(26(30)3)44(47,8)9)31(50)21-32-46(38,24-57-32)61-27(4)49/h11-20,25,30-32,35-38,40,50,52,56H,21-24H2,1-10H3,(H,48,51)/t30-,31-,32+,35-,36+,37+,38-,40-,45+,46-,47+/m0/s1. The molecule has 2 saturated carbocycles. The zero-order valence-corrected chi connectivity index (χ0v) is 36.7. The number of rotatable bonds is 11. The average Bonchev–Trinajstić information content (AvgIpc) is 3.17. The third-order valence-corrected chi connectivity index (χ3v) is 13.3. The predicted octanol–water partition coefficient (Wildman–Crippen LogP) is 4.72. The van der Waals surface area contributed by atoms with Gasteiger partial charge >= 0.3 is 17.9 Å². The number of hydrogen-bond acceptors (Lipinski definition) is 13. The SMILES string of the molecule is CC(=O)O[C@@]12CO[C@@H]1C[C@H](O)[C@@]1(C)C(=O)[C@H](O)C3=C(C)[C@@H](OC(=O)[C@H](OC(C)C)[C@@H](NC(=O)CC(C)(C)C)c4ccccc4)C[C@@](O)([C@@H](OC(=O)c4ccccc4)[C@H]21)C3(C)C. The van der Waals surface area contributed by atoms with Gasteiger partial charge in [0, 0.05) is 31.6 Å². The summed E-state index contributed by atoms with van der Waals surface area (Å²) in [7, 11) is 0. The van der Waals surface area contributed by atoms with Crippen molar-refractivity contribution in [1.82, 2.24) is 5.32 Å². The minimum Gasteiger partial charge on any atom is -0.456 e. The number of amides is 1. The van der Waals surface area contributed by atoms with Gasteiger partial charge in [-0.05, 0) is 62.0 Å². The lowest BCUT2D eigenvalue weighted by Crippen LogP contribution is -2.81. The highest BCUT2D eigenvalue weighted by atomic mass is 16.6. The Morgan fingerprint density at radius 1 is 0.951 bits per heavy atom. The molecule has 61 heavy (non-hydrogen) atoms. The van der Waals surface area contributed by atoms with Gasteiger partial charge in [-0.1, -0.05) is 83.1 Å². The molecule has 11 atom stereocenters. The number of fused-ring (bicyclic) bond motifs is 5. The van der Waals surface area contributed by atoms with Crippen LogP contribution in [-0.2, 0) is 42.9 Å². The molecule has 14 nitrogen and oxygen atoms in total. The first-order valence-corrected chi connectivity index (χ1v) is 21.0. The van der Waals surface area contributed by atoms with Gasteiger partial charge in [0.25, 0.3) is 0 Å². The maximum Gasteiger partial charge on any atom is 0.338 e. The van der Waals surface area contributed by atoms with E-state index in [0.717, 1.165) is 0 Å². The first-order chi connectivity index (χ1) is 28.4. The molecule has 6 rings (SSSR count). The molecule has 1 amide bonds. The van der Waals surface area contributed by atoms with Crippen molar-refractivity contribution in [3.63, 3.8) is 0 Å². The van der Waals surface area contributed by atoms with Crippen molar-refractivity contribution in [3.8, 4) is 0 Å². The first kappa shape index (κ1) is 46.0. The highest BCUT2D eigenvalue weighted by molar-refractivity contribution is 5.94. The van der Waals surface area contributed by atoms with E-state index in [0.29, 0.717) is 5.56 Å². The van der Waals surface area contributed by atoms with Crippen LogP contribution in [0.5, 0.6) is 0 Å². The number of Topliss-reactive ketones (excluding diaryl/α,β-unsaturated/α-hetero) is 1. The molecule has 2 aromatic carbocycles. The third-order valence-electron chi connectivity index (χ3n) is 13.3. The molecule has 2 bridgehead atoms. The number of nitrogens with one attached hydrogen (secondary N) is 1. The Labute approximate surface area is 357 Å². The van der Waals surface area contributed by atoms with Crippen molar-refractivity contribution in [1.29, 1.82) is 0 Å². The van der Waals surface area contributed by atoms with Crippen LogP contribution < -0.4 is 5.32 Å². The van der Waals surface area contributed by atoms with Crippen molar-refractivity contribution in [2.45, 2.75) is 148 Å². The number of carbonyl (C=O) groups excluding carboxylic acids is 5. The second-order valence-electron chi connectivity index (χ2n) is 19.4. The second-order valence-corrected chi connectivity index (χ2v) is 19.4. The Balaban J connectivity index is 1.52. The lowest BCUT2D eigenvalue weighted by molar-refractivity contribution is -0.346. The summed E-state index contributed by atoms with van der Waals surface area (Å²) in [6.45, 7) is 16.3. The summed E-state index contributed by atoms with van der Waals surface area (Å²) in [4.78, 5) is 70.6. The highest BCUT2D eigenvalue weighted by Crippen LogP contribution is 2.64. The fourth-order valence-electron chi connectivity index (χ4n) is 10.2. The van der Waals surface area contributed by atoms with E-state index >= 15 is 4.79 Å². The molecule has 2 aromatic rings. The minimum atomic E-state index is -2.30. The molecule has 0 radical (unpaired) electrons. The molecule has 14 heteroatoms. The smallest absolute Gasteiger partial charge is 0.338 e. The van der Waals surface area contributed by atoms with Crippen LogP contribution in [0.4, 0.5) is 0 Å². The van der Waals surface area contributed by atoms with E-state index in [2.05, 4.69) is 5.32 Å². The number of ketones is 1. The fourth-order valence-corrected chi connectivity index (χ4v) is 10.2. The van der Waals surface area contributed by atoms with Crippen molar-refractivity contribution >= 4 is 29.6 Å². The zero-order valence-electron chi connectivity index (χ0n) is 36.7. The monoisotopic (exact) mass is 847 g/mol. The van der Waals surface area contributed by atoms with Gasteiger partial charge in [0.2, 0.25) is 5.91 Å². The number of ether oxygens (including phenoxy) is 5. The molecule has 1 aliphatic heterocycles. The van der Waals surface area contributed by atoms with Gasteiger partial charge < -0.3 is 44.3 Å². The van der Waals surface area contributed by atoms with Gasteiger partial charge in [-0.15, -0.1) is 0 Å². The molecule has 0 spiro atoms. The van der Waals surface area contributed by atoms with Gasteiger partial charge in [-0.25, -0.2) is 9.59 Å². The van der Waals surface area contributed by atoms with Crippen LogP contribution in [0.2, 0.25) is 0 Å². The molecule has 332 valence electrons. The van der Waals surface area contributed by atoms with Gasteiger partial charge in [-0.3, -0.25) is 14.4 Å². The van der Waals surface area contributed by atoms with Crippen molar-refractivity contribution < 1.29 is 63.0 Å². The van der Waals surface area contributed by atoms with Crippen molar-refractivity contribution in [2.24, 2.45) is 22.2 Å². The van der Waals surface area contributed by atoms with Crippen LogP contribution in [0.1, 0.15) is 110 Å². The fraction of sp³-hybridized carbons (Fsp3) is 0.596. The minimum absolute atomic E-state index is 0.00428. The van der Waals surface area contributed by atoms with Crippen LogP contribution in [0.3, 0.4) is 0 Å². The van der Waals surface area contributed by atoms with E-state index in [-0.39, 0.29) is 47.5 Å². The number of aliphatic hydroxyl groups is 3. The van der Waals surface area contributed by atoms with Crippen LogP contribution >= 0.6 is 0 Å². The molecule has 4 aliphatic rings. The summed E-state index contributed by atoms with van der Waals surface area (Å²) < 4.78 is 30.9. The Kier molecular flexibility index (Phi) is 12.6. The maximum atomic E-state index is 15.1. The highest BCUT2D eigenvalue weighted by Gasteiger charge is 2.78. The van der Waals surface area contributed by atoms with Crippen LogP contribution in [0.15, 0.2) is 71.8 Å². The van der Waals surface area contributed by atoms with E-state index in [9.17, 15) is 34.5 Å². The van der Waals surface area contributed by atoms with Crippen molar-refractivity contribution in [3.05, 3.63) is 82.9 Å². The molecule has 1 saturated heterocycles. The molecule has 0 aromatic heterocycles. The Morgan fingerprint density at radius 3 is 2.10 bits per heavy atom. The zero-order chi connectivity index (χ0) is 45.0. The van der Waals surface area contributed by atoms with Gasteiger partial charge in [0.05, 0.1) is 41.8 Å². The first-order valence-electron chi connectivity index (χ1n) is 21.0. The number of hydrogen-bond donors (Lipinski definition) is 4. The number of carbonyl (C=O) groups is 5. The summed E-state index contributed by atoms with van der Waals surface area (Å²) in [5, 5.41) is 40.9. The van der Waals surface area contributed by atoms with E-state index < -0.39 is 107 Å². The Bertz CT molecular complexity index is 2040. The van der Waals surface area contributed by atoms with Crippen molar-refractivity contribution in [2.75, 3.05) is 6.61 Å². The number of esters is 3. The number of benzene rings is 2. The van der Waals surface area contributed by atoms with Gasteiger partial charge in [0.15, 0.2) is 17.5 Å². The number of aliphatic hydroxyl groups excluding tert-OH is 2. The summed E-state index contributed by atoms with van der Waals surface area (Å²) >= 11 is 0. The maximum absolute atomic E-state index is 15.1. The average molecular weight is 848 g/mol. The summed E-state index contributed by atoms with van der Waals surface area (Å²) in [6.07, 6.45) is -9.99. The lowest BCUT2D eigenvalue weighted by atomic mass is 9.44. The van der Waals surface area contributed by atoms with E-state index in [1.807, 2.05) is 20.8 Å². The topological polar surface area (TPSA) is 204 Å². The Hall–Kier alpha value is -4.47. The van der Waals surface area contributed by atoms with Crippen LogP contribution in [0.25, 0.3) is 0 Å². The molecule has 3 aliphatic carbocycles. The van der Waals surface area contributed by atoms with Gasteiger partial charge in [-0.2, -0.15) is 0 Å².